The number of benzene rings is 2. The number of nitrogens with one attached hydrogen (secondary N) is 1. The van der Waals surface area contributed by atoms with Gasteiger partial charge in [-0.2, -0.15) is 0 Å². The highest BCUT2D eigenvalue weighted by atomic mass is 16.6. The van der Waals surface area contributed by atoms with Gasteiger partial charge in [-0.25, -0.2) is 0 Å². The molecule has 0 saturated heterocycles. The van der Waals surface area contributed by atoms with Crippen LogP contribution in [-0.4, -0.2) is 18.5 Å². The molecular weight excluding hydrogens is 328 g/mol. The molecule has 0 unspecified atom stereocenters. The van der Waals surface area contributed by atoms with Crippen molar-refractivity contribution in [3.8, 4) is 0 Å². The van der Waals surface area contributed by atoms with E-state index >= 15 is 0 Å². The Bertz CT molecular complexity index is 843. The number of hydrogen-bond donors (Lipinski definition) is 1. The van der Waals surface area contributed by atoms with E-state index in [0.29, 0.717) is 0 Å². The Kier molecular flexibility index (Phi) is 4.59. The van der Waals surface area contributed by atoms with Gasteiger partial charge in [-0.1, -0.05) is 32.0 Å². The van der Waals surface area contributed by atoms with E-state index in [1.807, 2.05) is 18.3 Å². The van der Waals surface area contributed by atoms with E-state index < -0.39 is 4.92 Å². The summed E-state index contributed by atoms with van der Waals surface area (Å²) in [7, 11) is 1.89. The number of fused-ring (bicyclic) bond motifs is 1. The molecule has 26 heavy (non-hydrogen) atoms. The van der Waals surface area contributed by atoms with Gasteiger partial charge in [-0.05, 0) is 30.7 Å². The first-order valence-electron chi connectivity index (χ1n) is 8.68. The smallest absolute Gasteiger partial charge is 0.269 e. The molecule has 1 aliphatic rings. The van der Waals surface area contributed by atoms with Gasteiger partial charge in [0.15, 0.2) is 0 Å². The van der Waals surface area contributed by atoms with Gasteiger partial charge in [-0.3, -0.25) is 15.1 Å². The lowest BCUT2D eigenvalue weighted by molar-refractivity contribution is -0.384. The molecule has 0 saturated carbocycles. The second-order valence-corrected chi connectivity index (χ2v) is 6.88. The third kappa shape index (κ3) is 2.98. The molecule has 6 nitrogen and oxygen atoms in total. The minimum absolute atomic E-state index is 0.0880. The fourth-order valence-electron chi connectivity index (χ4n) is 3.47. The van der Waals surface area contributed by atoms with Crippen LogP contribution in [0.4, 0.5) is 17.1 Å². The van der Waals surface area contributed by atoms with Crippen molar-refractivity contribution in [3.05, 3.63) is 76.1 Å². The Labute approximate surface area is 153 Å². The summed E-state index contributed by atoms with van der Waals surface area (Å²) in [5.74, 6) is 0. The molecule has 1 heterocycles. The largest absolute Gasteiger partial charge is 0.343 e. The number of nitro groups is 1. The average Bonchev–Trinajstić information content (AvgIpc) is 2.86. The van der Waals surface area contributed by atoms with Gasteiger partial charge < -0.3 is 10.3 Å². The second kappa shape index (κ2) is 6.71. The maximum Gasteiger partial charge on any atom is 0.269 e. The van der Waals surface area contributed by atoms with Crippen LogP contribution < -0.4 is 15.3 Å². The quantitative estimate of drug-likeness (QED) is 0.646. The van der Waals surface area contributed by atoms with E-state index in [9.17, 15) is 10.1 Å². The molecule has 0 spiro atoms. The molecule has 2 aromatic rings. The van der Waals surface area contributed by atoms with Crippen molar-refractivity contribution in [2.24, 2.45) is 0 Å². The van der Waals surface area contributed by atoms with Crippen molar-refractivity contribution in [2.75, 3.05) is 23.5 Å². The number of rotatable bonds is 5. The number of hydrogen-bond acceptors (Lipinski definition) is 5. The minimum Gasteiger partial charge on any atom is -0.343 e. The highest BCUT2D eigenvalue weighted by Gasteiger charge is 2.39. The zero-order valence-electron chi connectivity index (χ0n) is 15.6. The topological polar surface area (TPSA) is 61.6 Å². The maximum atomic E-state index is 10.8. The van der Waals surface area contributed by atoms with Gasteiger partial charge in [-0.15, -0.1) is 0 Å². The first-order valence-corrected chi connectivity index (χ1v) is 8.68. The number of nitro benzene ring substituents is 1. The monoisotopic (exact) mass is 352 g/mol. The molecule has 0 fully saturated rings. The molecule has 6 heteroatoms. The van der Waals surface area contributed by atoms with Gasteiger partial charge >= 0.3 is 0 Å². The summed E-state index contributed by atoms with van der Waals surface area (Å²) in [5, 5.41) is 12.6. The summed E-state index contributed by atoms with van der Waals surface area (Å²) in [6.45, 7) is 7.48. The Morgan fingerprint density at radius 1 is 1.19 bits per heavy atom. The van der Waals surface area contributed by atoms with E-state index in [1.165, 1.54) is 29.1 Å². The summed E-state index contributed by atoms with van der Waals surface area (Å²) < 4.78 is 0. The van der Waals surface area contributed by atoms with Crippen LogP contribution in [0.2, 0.25) is 0 Å². The molecule has 0 bridgehead atoms. The second-order valence-electron chi connectivity index (χ2n) is 6.88. The highest BCUT2D eigenvalue weighted by Crippen LogP contribution is 2.47. The van der Waals surface area contributed by atoms with Gasteiger partial charge in [0.05, 0.1) is 10.6 Å². The summed E-state index contributed by atoms with van der Waals surface area (Å²) in [6, 6.07) is 15.0. The number of nitrogens with zero attached hydrogens (tertiary/aromatic N) is 3. The van der Waals surface area contributed by atoms with Gasteiger partial charge in [0.1, 0.15) is 0 Å². The van der Waals surface area contributed by atoms with E-state index in [4.69, 9.17) is 0 Å². The zero-order chi connectivity index (χ0) is 18.9. The van der Waals surface area contributed by atoms with Crippen molar-refractivity contribution in [3.63, 3.8) is 0 Å². The predicted octanol–water partition coefficient (Wildman–Crippen LogP) is 4.19. The van der Waals surface area contributed by atoms with Crippen LogP contribution in [0.25, 0.3) is 0 Å². The molecule has 0 aliphatic carbocycles. The van der Waals surface area contributed by atoms with E-state index in [2.05, 4.69) is 55.4 Å². The average molecular weight is 352 g/mol. The van der Waals surface area contributed by atoms with E-state index in [0.717, 1.165) is 12.2 Å². The summed E-state index contributed by atoms with van der Waals surface area (Å²) in [5.41, 5.74) is 7.89. The number of para-hydroxylation sites is 1. The number of likely N-dealkylation sites (N-methyl/N-ethyl adjacent to an activating group) is 1. The SMILES string of the molecule is CCN1C(=CNN(C)c2ccc([N+](=O)[O-])cc2)C(C)(C)c2ccccc21. The standard InChI is InChI=1S/C20H24N4O2/c1-5-23-18-9-7-6-8-17(18)20(2,3)19(23)14-21-22(4)15-10-12-16(13-11-15)24(25)26/h6-14,21H,5H2,1-4H3. The summed E-state index contributed by atoms with van der Waals surface area (Å²) >= 11 is 0. The number of hydrazine groups is 1. The number of allylic oxidation sites excluding steroid dienone is 1. The molecule has 1 aliphatic heterocycles. The molecule has 0 amide bonds. The van der Waals surface area contributed by atoms with Gasteiger partial charge in [0.25, 0.3) is 5.69 Å². The van der Waals surface area contributed by atoms with Crippen LogP contribution in [0.5, 0.6) is 0 Å². The van der Waals surface area contributed by atoms with Gasteiger partial charge in [0, 0.05) is 48.7 Å². The lowest BCUT2D eigenvalue weighted by atomic mass is 9.84. The molecule has 0 radical (unpaired) electrons. The molecular formula is C20H24N4O2. The normalized spacial score (nSPS) is 16.5. The fourth-order valence-corrected chi connectivity index (χ4v) is 3.47. The summed E-state index contributed by atoms with van der Waals surface area (Å²) in [6.07, 6.45) is 2.02. The Morgan fingerprint density at radius 2 is 1.85 bits per heavy atom. The fraction of sp³-hybridized carbons (Fsp3) is 0.300. The highest BCUT2D eigenvalue weighted by molar-refractivity contribution is 5.70. The number of non-ortho nitro benzene ring substituents is 1. The lowest BCUT2D eigenvalue weighted by Crippen LogP contribution is -2.34. The Balaban J connectivity index is 1.84. The molecule has 2 aromatic carbocycles. The third-order valence-corrected chi connectivity index (χ3v) is 4.96. The van der Waals surface area contributed by atoms with E-state index in [1.54, 1.807) is 12.1 Å². The molecule has 0 atom stereocenters. The van der Waals surface area contributed by atoms with Crippen molar-refractivity contribution >= 4 is 17.1 Å². The van der Waals surface area contributed by atoms with Crippen LogP contribution in [-0.2, 0) is 5.41 Å². The molecule has 0 aromatic heterocycles. The van der Waals surface area contributed by atoms with Crippen molar-refractivity contribution < 1.29 is 4.92 Å². The first-order chi connectivity index (χ1) is 12.4. The van der Waals surface area contributed by atoms with Crippen LogP contribution >= 0.6 is 0 Å². The van der Waals surface area contributed by atoms with Crippen LogP contribution in [0, 0.1) is 10.1 Å². The third-order valence-electron chi connectivity index (χ3n) is 4.96. The first kappa shape index (κ1) is 17.8. The van der Waals surface area contributed by atoms with Crippen LogP contribution in [0.15, 0.2) is 60.4 Å². The maximum absolute atomic E-state index is 10.8. The minimum atomic E-state index is -0.392. The molecule has 3 rings (SSSR count). The van der Waals surface area contributed by atoms with Crippen LogP contribution in [0.3, 0.4) is 0 Å². The summed E-state index contributed by atoms with van der Waals surface area (Å²) in [4.78, 5) is 12.7. The van der Waals surface area contributed by atoms with Crippen molar-refractivity contribution in [1.82, 2.24) is 5.43 Å². The lowest BCUT2D eigenvalue weighted by Gasteiger charge is -2.28. The van der Waals surface area contributed by atoms with Crippen molar-refractivity contribution in [2.45, 2.75) is 26.2 Å². The molecule has 1 N–H and O–H groups in total. The Hall–Kier alpha value is -3.02. The predicted molar refractivity (Wildman–Crippen MR) is 105 cm³/mol. The van der Waals surface area contributed by atoms with E-state index in [-0.39, 0.29) is 11.1 Å². The zero-order valence-corrected chi connectivity index (χ0v) is 15.6. The van der Waals surface area contributed by atoms with Crippen molar-refractivity contribution in [1.29, 1.82) is 0 Å². The number of anilines is 2. The van der Waals surface area contributed by atoms with Crippen LogP contribution in [0.1, 0.15) is 26.3 Å². The molecule has 136 valence electrons. The van der Waals surface area contributed by atoms with Gasteiger partial charge in [0.2, 0.25) is 0 Å². The Morgan fingerprint density at radius 3 is 2.46 bits per heavy atom.